The normalized spacial score (nSPS) is 13.2. The third-order valence-corrected chi connectivity index (χ3v) is 13.2. The van der Waals surface area contributed by atoms with Crippen LogP contribution < -0.4 is 4.90 Å². The quantitative estimate of drug-likeness (QED) is 0.175. The van der Waals surface area contributed by atoms with Gasteiger partial charge in [-0.3, -0.25) is 0 Å². The van der Waals surface area contributed by atoms with Gasteiger partial charge in [-0.2, -0.15) is 0 Å². The van der Waals surface area contributed by atoms with Crippen LogP contribution in [0.15, 0.2) is 200 Å². The molecule has 0 aliphatic heterocycles. The maximum Gasteiger partial charge on any atom is 0.0726 e. The fourth-order valence-electron chi connectivity index (χ4n) is 9.87. The van der Waals surface area contributed by atoms with Gasteiger partial charge >= 0.3 is 0 Å². The molecule has 2 aliphatic rings. The predicted molar refractivity (Wildman–Crippen MR) is 233 cm³/mol. The summed E-state index contributed by atoms with van der Waals surface area (Å²) in [5, 5.41) is 5.28. The van der Waals surface area contributed by atoms with Crippen LogP contribution >= 0.6 is 11.3 Å². The van der Waals surface area contributed by atoms with Gasteiger partial charge in [-0.15, -0.1) is 11.3 Å². The third-order valence-electron chi connectivity index (χ3n) is 12.1. The molecule has 0 bridgehead atoms. The molecule has 10 aromatic rings. The molecule has 1 spiro atoms. The second-order valence-corrected chi connectivity index (χ2v) is 15.9. The molecule has 1 aromatic heterocycles. The average molecular weight is 716 g/mol. The number of hydrogen-bond donors (Lipinski definition) is 0. The Kier molecular flexibility index (Phi) is 6.49. The number of nitrogens with zero attached hydrogens (tertiary/aromatic N) is 1. The van der Waals surface area contributed by atoms with Gasteiger partial charge in [-0.25, -0.2) is 0 Å². The molecular formula is C53H33NS. The smallest absolute Gasteiger partial charge is 0.0726 e. The lowest BCUT2D eigenvalue weighted by Crippen LogP contribution is -2.26. The summed E-state index contributed by atoms with van der Waals surface area (Å²) in [6.07, 6.45) is 0. The summed E-state index contributed by atoms with van der Waals surface area (Å²) in [4.78, 5) is 2.42. The van der Waals surface area contributed by atoms with E-state index in [-0.39, 0.29) is 0 Å². The van der Waals surface area contributed by atoms with E-state index in [0.717, 1.165) is 17.1 Å². The van der Waals surface area contributed by atoms with E-state index in [2.05, 4.69) is 205 Å². The summed E-state index contributed by atoms with van der Waals surface area (Å²) in [5.74, 6) is 0. The van der Waals surface area contributed by atoms with Crippen molar-refractivity contribution in [3.8, 4) is 33.4 Å². The van der Waals surface area contributed by atoms with E-state index >= 15 is 0 Å². The zero-order valence-corrected chi connectivity index (χ0v) is 30.7. The molecule has 9 aromatic carbocycles. The van der Waals surface area contributed by atoms with E-state index < -0.39 is 5.41 Å². The van der Waals surface area contributed by atoms with Crippen molar-refractivity contribution >= 4 is 59.3 Å². The van der Waals surface area contributed by atoms with E-state index in [4.69, 9.17) is 0 Å². The van der Waals surface area contributed by atoms with Gasteiger partial charge in [0, 0.05) is 37.2 Å². The maximum atomic E-state index is 2.47. The number of hydrogen-bond acceptors (Lipinski definition) is 2. The molecule has 2 aliphatic carbocycles. The minimum atomic E-state index is -0.396. The molecule has 2 heteroatoms. The SMILES string of the molecule is c1ccc(N(c2ccc(-c3cccc4ccc5sc6ccccc6c5c34)cc2)c2ccc3c(c2)C2(c4ccccc4-c4ccccc42)c2ccccc2-3)cc1. The minimum absolute atomic E-state index is 0.396. The zero-order valence-electron chi connectivity index (χ0n) is 29.9. The first-order valence-corrected chi connectivity index (χ1v) is 19.8. The molecule has 0 fully saturated rings. The Morgan fingerprint density at radius 2 is 0.909 bits per heavy atom. The van der Waals surface area contributed by atoms with Gasteiger partial charge in [0.25, 0.3) is 0 Å². The zero-order chi connectivity index (χ0) is 36.1. The van der Waals surface area contributed by atoms with Gasteiger partial charge in [0.15, 0.2) is 0 Å². The summed E-state index contributed by atoms with van der Waals surface area (Å²) >= 11 is 1.88. The van der Waals surface area contributed by atoms with Crippen molar-refractivity contribution in [2.75, 3.05) is 4.90 Å². The van der Waals surface area contributed by atoms with Crippen LogP contribution in [0.3, 0.4) is 0 Å². The Bertz CT molecular complexity index is 3090. The van der Waals surface area contributed by atoms with Crippen molar-refractivity contribution in [2.24, 2.45) is 0 Å². The molecule has 0 N–H and O–H groups in total. The highest BCUT2D eigenvalue weighted by molar-refractivity contribution is 7.26. The summed E-state index contributed by atoms with van der Waals surface area (Å²) in [6, 6.07) is 74.4. The lowest BCUT2D eigenvalue weighted by molar-refractivity contribution is 0.793. The standard InChI is InChI=1S/C53H33NS/c1-2-14-36(15-3-1)54(37-28-25-34(26-29-37)39-20-12-13-35-27-32-50-52(51(35)39)44-19-7-11-24-49(44)55-50)38-30-31-43-42-18-6-10-23-47(42)53(48(43)33-38)45-21-8-4-16-40(45)41-17-5-9-22-46(41)53/h1-33H. The highest BCUT2D eigenvalue weighted by Gasteiger charge is 2.51. The number of rotatable bonds is 4. The molecule has 1 heterocycles. The highest BCUT2D eigenvalue weighted by Crippen LogP contribution is 2.63. The average Bonchev–Trinajstić information content (AvgIpc) is 3.88. The molecule has 0 saturated heterocycles. The van der Waals surface area contributed by atoms with Crippen molar-refractivity contribution in [2.45, 2.75) is 5.41 Å². The summed E-state index contributed by atoms with van der Waals surface area (Å²) in [7, 11) is 0. The lowest BCUT2D eigenvalue weighted by atomic mass is 9.70. The first-order valence-electron chi connectivity index (χ1n) is 19.0. The van der Waals surface area contributed by atoms with Crippen molar-refractivity contribution in [1.29, 1.82) is 0 Å². The Morgan fingerprint density at radius 3 is 1.62 bits per heavy atom. The van der Waals surface area contributed by atoms with Gasteiger partial charge in [0.1, 0.15) is 0 Å². The van der Waals surface area contributed by atoms with Gasteiger partial charge < -0.3 is 4.90 Å². The van der Waals surface area contributed by atoms with E-state index in [1.165, 1.54) is 86.6 Å². The van der Waals surface area contributed by atoms with Crippen LogP contribution in [0, 0.1) is 0 Å². The van der Waals surface area contributed by atoms with Gasteiger partial charge in [-0.05, 0) is 115 Å². The Hall–Kier alpha value is -6.74. The van der Waals surface area contributed by atoms with Crippen LogP contribution in [-0.2, 0) is 5.41 Å². The summed E-state index contributed by atoms with van der Waals surface area (Å²) < 4.78 is 2.66. The largest absolute Gasteiger partial charge is 0.310 e. The molecule has 55 heavy (non-hydrogen) atoms. The Labute approximate surface area is 324 Å². The molecule has 0 atom stereocenters. The first kappa shape index (κ1) is 30.7. The first-order chi connectivity index (χ1) is 27.3. The monoisotopic (exact) mass is 715 g/mol. The Balaban J connectivity index is 1.05. The third kappa shape index (κ3) is 4.23. The molecule has 12 rings (SSSR count). The number of anilines is 3. The number of benzene rings is 9. The van der Waals surface area contributed by atoms with Crippen LogP contribution in [0.4, 0.5) is 17.1 Å². The topological polar surface area (TPSA) is 3.24 Å². The van der Waals surface area contributed by atoms with Gasteiger partial charge in [0.2, 0.25) is 0 Å². The second kappa shape index (κ2) is 11.6. The van der Waals surface area contributed by atoms with E-state index in [1.807, 2.05) is 11.3 Å². The van der Waals surface area contributed by atoms with Crippen LogP contribution in [0.25, 0.3) is 64.3 Å². The number of fused-ring (bicyclic) bond motifs is 15. The van der Waals surface area contributed by atoms with E-state index in [9.17, 15) is 0 Å². The van der Waals surface area contributed by atoms with Crippen molar-refractivity contribution in [3.63, 3.8) is 0 Å². The van der Waals surface area contributed by atoms with Crippen LogP contribution in [0.2, 0.25) is 0 Å². The maximum absolute atomic E-state index is 2.47. The number of thiophene rings is 1. The molecule has 0 saturated carbocycles. The van der Waals surface area contributed by atoms with Crippen molar-refractivity contribution < 1.29 is 0 Å². The number of para-hydroxylation sites is 1. The fourth-order valence-corrected chi connectivity index (χ4v) is 11.0. The highest BCUT2D eigenvalue weighted by atomic mass is 32.1. The molecule has 0 amide bonds. The van der Waals surface area contributed by atoms with Gasteiger partial charge in [0.05, 0.1) is 5.41 Å². The van der Waals surface area contributed by atoms with Crippen LogP contribution in [0.1, 0.15) is 22.3 Å². The lowest BCUT2D eigenvalue weighted by Gasteiger charge is -2.32. The summed E-state index contributed by atoms with van der Waals surface area (Å²) in [5.41, 5.74) is 16.2. The van der Waals surface area contributed by atoms with E-state index in [1.54, 1.807) is 0 Å². The molecule has 256 valence electrons. The minimum Gasteiger partial charge on any atom is -0.310 e. The van der Waals surface area contributed by atoms with Crippen molar-refractivity contribution in [1.82, 2.24) is 0 Å². The molecule has 0 unspecified atom stereocenters. The van der Waals surface area contributed by atoms with Crippen LogP contribution in [-0.4, -0.2) is 0 Å². The second-order valence-electron chi connectivity index (χ2n) is 14.8. The molecule has 0 radical (unpaired) electrons. The van der Waals surface area contributed by atoms with Crippen LogP contribution in [0.5, 0.6) is 0 Å². The van der Waals surface area contributed by atoms with E-state index in [0.29, 0.717) is 0 Å². The summed E-state index contributed by atoms with van der Waals surface area (Å²) in [6.45, 7) is 0. The molecular weight excluding hydrogens is 683 g/mol. The predicted octanol–water partition coefficient (Wildman–Crippen LogP) is 14.7. The van der Waals surface area contributed by atoms with Gasteiger partial charge in [-0.1, -0.05) is 152 Å². The molecule has 1 nitrogen and oxygen atoms in total. The van der Waals surface area contributed by atoms with Crippen molar-refractivity contribution in [3.05, 3.63) is 222 Å². The fraction of sp³-hybridized carbons (Fsp3) is 0.0189. The Morgan fingerprint density at radius 1 is 0.345 bits per heavy atom.